The molecule has 3 fully saturated rings. The molecule has 11 heteroatoms. The Hall–Kier alpha value is -4.02. The lowest BCUT2D eigenvalue weighted by molar-refractivity contribution is -0.00875. The highest BCUT2D eigenvalue weighted by Gasteiger charge is 2.44. The number of nitrogens with zero attached hydrogens (tertiary/aromatic N) is 9. The van der Waals surface area contributed by atoms with E-state index in [4.69, 9.17) is 4.98 Å². The average molecular weight is 643 g/mol. The Balaban J connectivity index is 1.05. The first kappa shape index (κ1) is 25.0. The van der Waals surface area contributed by atoms with Gasteiger partial charge < -0.3 is 10.2 Å². The van der Waals surface area contributed by atoms with Crippen LogP contribution in [-0.4, -0.2) is 66.0 Å². The van der Waals surface area contributed by atoms with Gasteiger partial charge in [0.05, 0.1) is 38.9 Å². The van der Waals surface area contributed by atoms with Crippen LogP contribution in [0.5, 0.6) is 0 Å². The van der Waals surface area contributed by atoms with Gasteiger partial charge in [0.1, 0.15) is 11.9 Å². The molecule has 0 aliphatic carbocycles. The number of pyridine rings is 3. The molecular weight excluding hydrogens is 615 g/mol. The van der Waals surface area contributed by atoms with Gasteiger partial charge in [-0.05, 0) is 65.8 Å². The number of halogens is 1. The van der Waals surface area contributed by atoms with E-state index in [0.717, 1.165) is 63.7 Å². The lowest BCUT2D eigenvalue weighted by Gasteiger charge is -2.56. The van der Waals surface area contributed by atoms with Crippen molar-refractivity contribution in [2.24, 2.45) is 0 Å². The van der Waals surface area contributed by atoms with Crippen molar-refractivity contribution < 1.29 is 0 Å². The number of piperidine rings is 1. The van der Waals surface area contributed by atoms with E-state index in [2.05, 4.69) is 90.1 Å². The molecule has 2 atom stereocenters. The van der Waals surface area contributed by atoms with Gasteiger partial charge in [0.15, 0.2) is 5.82 Å². The van der Waals surface area contributed by atoms with Gasteiger partial charge >= 0.3 is 0 Å². The van der Waals surface area contributed by atoms with E-state index in [1.165, 1.54) is 12.0 Å². The van der Waals surface area contributed by atoms with E-state index in [9.17, 15) is 5.26 Å². The van der Waals surface area contributed by atoms with Gasteiger partial charge in [-0.15, -0.1) is 0 Å². The summed E-state index contributed by atoms with van der Waals surface area (Å²) in [6.07, 6.45) is 12.4. The summed E-state index contributed by atoms with van der Waals surface area (Å²) in [5, 5.41) is 21.7. The third-order valence-electron chi connectivity index (χ3n) is 7.80. The third-order valence-corrected chi connectivity index (χ3v) is 8.36. The van der Waals surface area contributed by atoms with Crippen LogP contribution in [0.1, 0.15) is 24.5 Å². The summed E-state index contributed by atoms with van der Waals surface area (Å²) < 4.78 is 4.67. The minimum Gasteiger partial charge on any atom is -0.384 e. The molecule has 0 radical (unpaired) electrons. The van der Waals surface area contributed by atoms with E-state index in [0.29, 0.717) is 17.6 Å². The van der Waals surface area contributed by atoms with Crippen LogP contribution in [0.15, 0.2) is 67.5 Å². The minimum atomic E-state index is 0.508. The van der Waals surface area contributed by atoms with Crippen molar-refractivity contribution >= 4 is 39.6 Å². The number of hydrogen-bond donors (Lipinski definition) is 1. The summed E-state index contributed by atoms with van der Waals surface area (Å²) in [4.78, 5) is 14.5. The second-order valence-corrected chi connectivity index (χ2v) is 11.5. The Kier molecular flexibility index (Phi) is 6.36. The molecule has 0 aromatic carbocycles. The van der Waals surface area contributed by atoms with Gasteiger partial charge in [-0.3, -0.25) is 4.90 Å². The second-order valence-electron chi connectivity index (χ2n) is 10.3. The molecule has 2 unspecified atom stereocenters. The maximum atomic E-state index is 9.63. The Morgan fingerprint density at radius 2 is 1.82 bits per heavy atom. The molecule has 5 aromatic heterocycles. The first-order chi connectivity index (χ1) is 19.6. The van der Waals surface area contributed by atoms with Gasteiger partial charge in [0.2, 0.25) is 0 Å². The molecular formula is C29H27IN10. The number of piperazine rings is 1. The molecule has 2 bridgehead atoms. The smallest absolute Gasteiger partial charge is 0.153 e. The van der Waals surface area contributed by atoms with E-state index < -0.39 is 0 Å². The van der Waals surface area contributed by atoms with Crippen molar-refractivity contribution in [2.75, 3.05) is 29.9 Å². The Morgan fingerprint density at radius 1 is 1.00 bits per heavy atom. The number of nitrogens with one attached hydrogen (secondary N) is 1. The molecule has 3 aliphatic heterocycles. The Labute approximate surface area is 245 Å². The lowest BCUT2D eigenvalue weighted by Crippen LogP contribution is -2.68. The number of aromatic nitrogens is 6. The van der Waals surface area contributed by atoms with E-state index in [1.807, 2.05) is 37.1 Å². The first-order valence-electron chi connectivity index (χ1n) is 13.4. The van der Waals surface area contributed by atoms with Crippen molar-refractivity contribution in [3.05, 3.63) is 82.2 Å². The minimum absolute atomic E-state index is 0.508. The largest absolute Gasteiger partial charge is 0.384 e. The van der Waals surface area contributed by atoms with Crippen molar-refractivity contribution in [3.63, 3.8) is 0 Å². The van der Waals surface area contributed by atoms with Crippen LogP contribution in [0, 0.1) is 14.9 Å². The fourth-order valence-corrected chi connectivity index (χ4v) is 6.26. The van der Waals surface area contributed by atoms with Gasteiger partial charge in [0, 0.05) is 68.0 Å². The van der Waals surface area contributed by atoms with Crippen molar-refractivity contribution in [1.29, 1.82) is 5.26 Å². The van der Waals surface area contributed by atoms with Gasteiger partial charge in [-0.1, -0.05) is 6.07 Å². The molecule has 3 saturated heterocycles. The zero-order valence-corrected chi connectivity index (χ0v) is 24.1. The van der Waals surface area contributed by atoms with Crippen LogP contribution in [0.25, 0.3) is 22.5 Å². The number of anilines is 2. The summed E-state index contributed by atoms with van der Waals surface area (Å²) >= 11 is 2.25. The zero-order chi connectivity index (χ0) is 27.2. The highest BCUT2D eigenvalue weighted by Crippen LogP contribution is 2.36. The molecule has 3 aliphatic rings. The maximum absolute atomic E-state index is 9.63. The third kappa shape index (κ3) is 4.47. The highest BCUT2D eigenvalue weighted by molar-refractivity contribution is 14.1. The van der Waals surface area contributed by atoms with Crippen LogP contribution in [0.3, 0.4) is 0 Å². The monoisotopic (exact) mass is 642 g/mol. The normalized spacial score (nSPS) is 18.5. The molecule has 40 heavy (non-hydrogen) atoms. The van der Waals surface area contributed by atoms with Gasteiger partial charge in [-0.25, -0.2) is 19.2 Å². The topological polar surface area (TPSA) is 103 Å². The predicted molar refractivity (Wildman–Crippen MR) is 161 cm³/mol. The van der Waals surface area contributed by atoms with Gasteiger partial charge in [-0.2, -0.15) is 15.5 Å². The van der Waals surface area contributed by atoms with Crippen LogP contribution in [0.4, 0.5) is 11.5 Å². The fourth-order valence-electron chi connectivity index (χ4n) is 5.87. The molecule has 0 saturated carbocycles. The number of fused-ring (bicyclic) bond motifs is 3. The van der Waals surface area contributed by atoms with Crippen LogP contribution in [-0.2, 0) is 6.54 Å². The average Bonchev–Trinajstić information content (AvgIpc) is 3.62. The molecule has 0 spiro atoms. The summed E-state index contributed by atoms with van der Waals surface area (Å²) in [5.74, 6) is 1.83. The van der Waals surface area contributed by atoms with Crippen molar-refractivity contribution in [3.8, 4) is 23.0 Å². The molecule has 200 valence electrons. The van der Waals surface area contributed by atoms with E-state index in [-0.39, 0.29) is 0 Å². The van der Waals surface area contributed by atoms with Crippen molar-refractivity contribution in [2.45, 2.75) is 32.0 Å². The number of nitriles is 1. The molecule has 5 aromatic rings. The van der Waals surface area contributed by atoms with Crippen molar-refractivity contribution in [1.82, 2.24) is 34.3 Å². The summed E-state index contributed by atoms with van der Waals surface area (Å²) in [6, 6.07) is 13.8. The van der Waals surface area contributed by atoms with Crippen LogP contribution in [0.2, 0.25) is 0 Å². The molecule has 8 rings (SSSR count). The fraction of sp³-hybridized carbons (Fsp3) is 0.276. The summed E-state index contributed by atoms with van der Waals surface area (Å²) in [6.45, 7) is 5.69. The molecule has 0 amide bonds. The summed E-state index contributed by atoms with van der Waals surface area (Å²) in [7, 11) is 0. The first-order valence-corrected chi connectivity index (χ1v) is 14.5. The molecule has 1 N–H and O–H groups in total. The Morgan fingerprint density at radius 3 is 2.50 bits per heavy atom. The Bertz CT molecular complexity index is 1700. The van der Waals surface area contributed by atoms with E-state index in [1.54, 1.807) is 15.4 Å². The highest BCUT2D eigenvalue weighted by atomic mass is 127. The number of hydrogen-bond acceptors (Lipinski definition) is 8. The quantitative estimate of drug-likeness (QED) is 0.262. The van der Waals surface area contributed by atoms with Gasteiger partial charge in [0.25, 0.3) is 0 Å². The number of rotatable bonds is 7. The van der Waals surface area contributed by atoms with Crippen LogP contribution < -0.4 is 10.2 Å². The standard InChI is InChI=1S/C29H27IN10/c1-2-32-23-7-26(29-21(9-31)12-35-40(29)16-23)20-4-6-27(34-11-20)37-17-24-8-25(18-37)38(24)14-19-3-5-28(33-10-19)39-15-22(30)13-36-39/h3-7,10-13,15-16,24-25,32H,2,8,14,17-18H2,1H3. The lowest BCUT2D eigenvalue weighted by atomic mass is 9.87. The summed E-state index contributed by atoms with van der Waals surface area (Å²) in [5.41, 5.74) is 5.45. The molecule has 8 heterocycles. The second kappa shape index (κ2) is 10.2. The zero-order valence-electron chi connectivity index (χ0n) is 21.9. The molecule has 10 nitrogen and oxygen atoms in total. The van der Waals surface area contributed by atoms with Crippen LogP contribution >= 0.6 is 22.6 Å². The SMILES string of the molecule is CCNc1cc(-c2ccc(N3CC4CC(C3)N4Cc3ccc(-n4cc(I)cn4)nc3)nc2)c2c(C#N)cnn2c1. The van der Waals surface area contributed by atoms with E-state index >= 15 is 0 Å². The maximum Gasteiger partial charge on any atom is 0.153 e. The predicted octanol–water partition coefficient (Wildman–Crippen LogP) is 4.35.